The number of benzene rings is 2. The summed E-state index contributed by atoms with van der Waals surface area (Å²) in [6, 6.07) is 16.3. The van der Waals surface area contributed by atoms with Crippen molar-refractivity contribution in [2.24, 2.45) is 0 Å². The molecule has 1 aliphatic heterocycles. The number of nitrogens with zero attached hydrogens (tertiary/aromatic N) is 1. The molecule has 0 radical (unpaired) electrons. The molecule has 126 valence electrons. The number of anilines is 1. The van der Waals surface area contributed by atoms with Gasteiger partial charge >= 0.3 is 0 Å². The molecule has 0 bridgehead atoms. The van der Waals surface area contributed by atoms with Gasteiger partial charge in [-0.3, -0.25) is 4.79 Å². The van der Waals surface area contributed by atoms with Gasteiger partial charge in [-0.1, -0.05) is 37.3 Å². The minimum atomic E-state index is 0.00667. The van der Waals surface area contributed by atoms with E-state index in [0.29, 0.717) is 12.5 Å². The van der Waals surface area contributed by atoms with E-state index in [1.54, 1.807) is 0 Å². The zero-order chi connectivity index (χ0) is 16.9. The molecule has 1 N–H and O–H groups in total. The number of carbonyl (C=O) groups excluding carboxylic acids is 1. The Balaban J connectivity index is 1.67. The van der Waals surface area contributed by atoms with Gasteiger partial charge in [-0.15, -0.1) is 11.8 Å². The lowest BCUT2D eigenvalue weighted by Gasteiger charge is -2.30. The van der Waals surface area contributed by atoms with Gasteiger partial charge in [-0.25, -0.2) is 0 Å². The minimum Gasteiger partial charge on any atom is -0.370 e. The molecule has 0 saturated carbocycles. The topological polar surface area (TPSA) is 32.3 Å². The van der Waals surface area contributed by atoms with E-state index >= 15 is 0 Å². The maximum Gasteiger partial charge on any atom is 0.251 e. The Bertz CT molecular complexity index is 702. The number of hydrogen-bond donors (Lipinski definition) is 1. The largest absolute Gasteiger partial charge is 0.370 e. The molecule has 1 aliphatic rings. The Morgan fingerprint density at radius 1 is 1.25 bits per heavy atom. The van der Waals surface area contributed by atoms with Crippen molar-refractivity contribution in [1.82, 2.24) is 5.32 Å². The average molecular weight is 340 g/mol. The number of rotatable bonds is 5. The van der Waals surface area contributed by atoms with Crippen LogP contribution in [0.1, 0.15) is 35.7 Å². The van der Waals surface area contributed by atoms with E-state index in [4.69, 9.17) is 0 Å². The highest BCUT2D eigenvalue weighted by Gasteiger charge is 2.18. The number of hydrogen-bond acceptors (Lipinski definition) is 3. The smallest absolute Gasteiger partial charge is 0.251 e. The fraction of sp³-hybridized carbons (Fsp3) is 0.350. The fourth-order valence-electron chi connectivity index (χ4n) is 2.99. The van der Waals surface area contributed by atoms with Gasteiger partial charge in [0.1, 0.15) is 0 Å². The van der Waals surface area contributed by atoms with Crippen molar-refractivity contribution in [1.29, 1.82) is 0 Å². The summed E-state index contributed by atoms with van der Waals surface area (Å²) in [5.74, 6) is 1.42. The van der Waals surface area contributed by atoms with Crippen molar-refractivity contribution in [2.45, 2.75) is 24.7 Å². The zero-order valence-corrected chi connectivity index (χ0v) is 15.1. The quantitative estimate of drug-likeness (QED) is 0.887. The van der Waals surface area contributed by atoms with Crippen molar-refractivity contribution in [3.8, 4) is 0 Å². The molecule has 1 heterocycles. The van der Waals surface area contributed by atoms with E-state index in [9.17, 15) is 4.79 Å². The van der Waals surface area contributed by atoms with Gasteiger partial charge in [0.2, 0.25) is 0 Å². The predicted molar refractivity (Wildman–Crippen MR) is 102 cm³/mol. The number of fused-ring (bicyclic) bond motifs is 1. The summed E-state index contributed by atoms with van der Waals surface area (Å²) in [7, 11) is 0. The third kappa shape index (κ3) is 3.75. The maximum atomic E-state index is 12.5. The molecule has 0 aliphatic carbocycles. The van der Waals surface area contributed by atoms with Gasteiger partial charge in [0.05, 0.1) is 5.69 Å². The van der Waals surface area contributed by atoms with Crippen LogP contribution in [0.3, 0.4) is 0 Å². The summed E-state index contributed by atoms with van der Waals surface area (Å²) in [5, 5.41) is 3.07. The van der Waals surface area contributed by atoms with Gasteiger partial charge in [0.15, 0.2) is 0 Å². The molecule has 0 fully saturated rings. The van der Waals surface area contributed by atoms with E-state index in [1.807, 2.05) is 42.1 Å². The SMILES string of the molecule is CCN1CCSc2ccc(C(=O)NCC(C)c3ccccc3)cc21. The Morgan fingerprint density at radius 2 is 2.04 bits per heavy atom. The molecule has 1 amide bonds. The first-order valence-electron chi connectivity index (χ1n) is 8.54. The van der Waals surface area contributed by atoms with Crippen LogP contribution in [-0.2, 0) is 0 Å². The first kappa shape index (κ1) is 16.9. The summed E-state index contributed by atoms with van der Waals surface area (Å²) >= 11 is 1.87. The molecule has 3 nitrogen and oxygen atoms in total. The molecule has 2 aromatic rings. The monoisotopic (exact) mass is 340 g/mol. The first-order valence-corrected chi connectivity index (χ1v) is 9.52. The van der Waals surface area contributed by atoms with E-state index in [-0.39, 0.29) is 5.91 Å². The molecule has 1 unspecified atom stereocenters. The highest BCUT2D eigenvalue weighted by atomic mass is 32.2. The van der Waals surface area contributed by atoms with Crippen LogP contribution in [0.4, 0.5) is 5.69 Å². The maximum absolute atomic E-state index is 12.5. The zero-order valence-electron chi connectivity index (χ0n) is 14.3. The average Bonchev–Trinajstić information content (AvgIpc) is 2.65. The lowest BCUT2D eigenvalue weighted by molar-refractivity contribution is 0.0951. The lowest BCUT2D eigenvalue weighted by atomic mass is 10.0. The molecule has 0 aromatic heterocycles. The third-order valence-electron chi connectivity index (χ3n) is 4.50. The predicted octanol–water partition coefficient (Wildman–Crippen LogP) is 4.15. The highest BCUT2D eigenvalue weighted by molar-refractivity contribution is 7.99. The summed E-state index contributed by atoms with van der Waals surface area (Å²) in [4.78, 5) is 16.1. The van der Waals surface area contributed by atoms with Crippen molar-refractivity contribution >= 4 is 23.4 Å². The molecule has 3 rings (SSSR count). The van der Waals surface area contributed by atoms with Crippen LogP contribution in [0, 0.1) is 0 Å². The van der Waals surface area contributed by atoms with Gasteiger partial charge in [-0.05, 0) is 36.6 Å². The highest BCUT2D eigenvalue weighted by Crippen LogP contribution is 2.35. The normalized spacial score (nSPS) is 14.8. The lowest BCUT2D eigenvalue weighted by Crippen LogP contribution is -2.30. The third-order valence-corrected chi connectivity index (χ3v) is 5.54. The van der Waals surface area contributed by atoms with Crippen LogP contribution < -0.4 is 10.2 Å². The number of nitrogens with one attached hydrogen (secondary N) is 1. The molecular formula is C20H24N2OS. The van der Waals surface area contributed by atoms with E-state index in [2.05, 4.69) is 42.3 Å². The Labute approximate surface area is 148 Å². The second-order valence-electron chi connectivity index (χ2n) is 6.13. The van der Waals surface area contributed by atoms with E-state index < -0.39 is 0 Å². The number of thioether (sulfide) groups is 1. The minimum absolute atomic E-state index is 0.00667. The van der Waals surface area contributed by atoms with Crippen molar-refractivity contribution in [3.63, 3.8) is 0 Å². The second kappa shape index (κ2) is 7.75. The molecule has 2 aromatic carbocycles. The standard InChI is InChI=1S/C20H24N2OS/c1-3-22-11-12-24-19-10-9-17(13-18(19)22)20(23)21-14-15(2)16-7-5-4-6-8-16/h4-10,13,15H,3,11-12,14H2,1-2H3,(H,21,23). The number of amides is 1. The van der Waals surface area contributed by atoms with Crippen molar-refractivity contribution < 1.29 is 4.79 Å². The molecule has 0 spiro atoms. The Kier molecular flexibility index (Phi) is 5.46. The van der Waals surface area contributed by atoms with Crippen LogP contribution in [-0.4, -0.2) is 31.3 Å². The van der Waals surface area contributed by atoms with Crippen LogP contribution in [0.2, 0.25) is 0 Å². The van der Waals surface area contributed by atoms with Crippen LogP contribution in [0.15, 0.2) is 53.4 Å². The Morgan fingerprint density at radius 3 is 2.79 bits per heavy atom. The Hall–Kier alpha value is -1.94. The fourth-order valence-corrected chi connectivity index (χ4v) is 4.02. The summed E-state index contributed by atoms with van der Waals surface area (Å²) in [5.41, 5.74) is 3.18. The van der Waals surface area contributed by atoms with E-state index in [1.165, 1.54) is 16.1 Å². The molecular weight excluding hydrogens is 316 g/mol. The second-order valence-corrected chi connectivity index (χ2v) is 7.27. The summed E-state index contributed by atoms with van der Waals surface area (Å²) in [6.45, 7) is 6.96. The van der Waals surface area contributed by atoms with Gasteiger partial charge in [0.25, 0.3) is 5.91 Å². The van der Waals surface area contributed by atoms with Crippen LogP contribution >= 0.6 is 11.8 Å². The van der Waals surface area contributed by atoms with Gasteiger partial charge in [-0.2, -0.15) is 0 Å². The van der Waals surface area contributed by atoms with Gasteiger partial charge in [0, 0.05) is 35.8 Å². The first-order chi connectivity index (χ1) is 11.7. The van der Waals surface area contributed by atoms with Crippen molar-refractivity contribution in [3.05, 3.63) is 59.7 Å². The van der Waals surface area contributed by atoms with Gasteiger partial charge < -0.3 is 10.2 Å². The summed E-state index contributed by atoms with van der Waals surface area (Å²) in [6.07, 6.45) is 0. The molecule has 0 saturated heterocycles. The molecule has 4 heteroatoms. The van der Waals surface area contributed by atoms with E-state index in [0.717, 1.165) is 24.4 Å². The molecule has 1 atom stereocenters. The molecule has 24 heavy (non-hydrogen) atoms. The van der Waals surface area contributed by atoms with Crippen LogP contribution in [0.25, 0.3) is 0 Å². The van der Waals surface area contributed by atoms with Crippen molar-refractivity contribution in [2.75, 3.05) is 30.3 Å². The summed E-state index contributed by atoms with van der Waals surface area (Å²) < 4.78 is 0. The number of carbonyl (C=O) groups is 1. The van der Waals surface area contributed by atoms with Crippen LogP contribution in [0.5, 0.6) is 0 Å².